The number of fused-ring (bicyclic) bond motifs is 1. The van der Waals surface area contributed by atoms with E-state index in [1.54, 1.807) is 17.1 Å². The molecule has 1 amide bonds. The van der Waals surface area contributed by atoms with Crippen LogP contribution in [0.15, 0.2) is 55.6 Å². The highest BCUT2D eigenvalue weighted by Gasteiger charge is 2.64. The van der Waals surface area contributed by atoms with Gasteiger partial charge in [-0.05, 0) is 39.2 Å². The summed E-state index contributed by atoms with van der Waals surface area (Å²) in [5.74, 6) is -1.25. The SMILES string of the molecule is C=CC[C@]1(C(=O)OC(C)(C)C)C(=O)N2[C@H](OC[C@H]2c2ccccc2)[C@@H](CC)[C@H]1C=C. The van der Waals surface area contributed by atoms with Gasteiger partial charge < -0.3 is 14.4 Å². The topological polar surface area (TPSA) is 55.8 Å². The van der Waals surface area contributed by atoms with Crippen LogP contribution in [0.3, 0.4) is 0 Å². The summed E-state index contributed by atoms with van der Waals surface area (Å²) in [5, 5.41) is 0. The van der Waals surface area contributed by atoms with Crippen molar-refractivity contribution < 1.29 is 19.1 Å². The van der Waals surface area contributed by atoms with Crippen LogP contribution in [-0.4, -0.2) is 35.2 Å². The van der Waals surface area contributed by atoms with Crippen molar-refractivity contribution in [2.24, 2.45) is 17.3 Å². The second-order valence-corrected chi connectivity index (χ2v) is 9.16. The molecule has 5 atom stereocenters. The Morgan fingerprint density at radius 3 is 2.50 bits per heavy atom. The molecule has 0 aliphatic carbocycles. The summed E-state index contributed by atoms with van der Waals surface area (Å²) in [6.07, 6.45) is 3.92. The Hall–Kier alpha value is -2.40. The van der Waals surface area contributed by atoms with Gasteiger partial charge in [0.15, 0.2) is 5.41 Å². The number of carbonyl (C=O) groups is 2. The van der Waals surface area contributed by atoms with Gasteiger partial charge >= 0.3 is 5.97 Å². The van der Waals surface area contributed by atoms with Gasteiger partial charge in [-0.15, -0.1) is 13.2 Å². The highest BCUT2D eigenvalue weighted by atomic mass is 16.6. The third-order valence-electron chi connectivity index (χ3n) is 6.19. The Morgan fingerprint density at radius 1 is 1.30 bits per heavy atom. The van der Waals surface area contributed by atoms with E-state index in [9.17, 15) is 9.59 Å². The Morgan fingerprint density at radius 2 is 1.97 bits per heavy atom. The smallest absolute Gasteiger partial charge is 0.323 e. The molecule has 5 nitrogen and oxygen atoms in total. The minimum atomic E-state index is -1.39. The molecule has 5 heteroatoms. The third-order valence-corrected chi connectivity index (χ3v) is 6.19. The van der Waals surface area contributed by atoms with Crippen LogP contribution >= 0.6 is 0 Å². The number of rotatable bonds is 6. The molecule has 2 saturated heterocycles. The molecule has 0 spiro atoms. The first-order chi connectivity index (χ1) is 14.2. The first-order valence-electron chi connectivity index (χ1n) is 10.7. The van der Waals surface area contributed by atoms with Crippen LogP contribution in [0.2, 0.25) is 0 Å². The van der Waals surface area contributed by atoms with E-state index in [2.05, 4.69) is 20.1 Å². The fourth-order valence-electron chi connectivity index (χ4n) is 4.92. The zero-order valence-corrected chi connectivity index (χ0v) is 18.5. The van der Waals surface area contributed by atoms with E-state index in [-0.39, 0.29) is 24.3 Å². The molecule has 2 aliphatic rings. The fourth-order valence-corrected chi connectivity index (χ4v) is 4.92. The second kappa shape index (κ2) is 8.38. The minimum absolute atomic E-state index is 0.0682. The quantitative estimate of drug-likeness (QED) is 0.388. The normalized spacial score (nSPS) is 31.2. The lowest BCUT2D eigenvalue weighted by molar-refractivity contribution is -0.193. The van der Waals surface area contributed by atoms with Crippen molar-refractivity contribution in [3.63, 3.8) is 0 Å². The van der Waals surface area contributed by atoms with Gasteiger partial charge in [-0.1, -0.05) is 49.4 Å². The van der Waals surface area contributed by atoms with Gasteiger partial charge in [0.25, 0.3) is 0 Å². The van der Waals surface area contributed by atoms with E-state index in [0.29, 0.717) is 6.61 Å². The number of nitrogens with zero attached hydrogens (tertiary/aromatic N) is 1. The second-order valence-electron chi connectivity index (χ2n) is 9.16. The van der Waals surface area contributed by atoms with Gasteiger partial charge in [0.05, 0.1) is 12.6 Å². The van der Waals surface area contributed by atoms with Crippen molar-refractivity contribution in [1.82, 2.24) is 4.90 Å². The molecule has 30 heavy (non-hydrogen) atoms. The number of esters is 1. The van der Waals surface area contributed by atoms with Gasteiger partial charge in [0.1, 0.15) is 11.8 Å². The van der Waals surface area contributed by atoms with Crippen molar-refractivity contribution in [2.45, 2.75) is 58.4 Å². The van der Waals surface area contributed by atoms with E-state index in [4.69, 9.17) is 9.47 Å². The molecular formula is C25H33NO4. The lowest BCUT2D eigenvalue weighted by Crippen LogP contribution is -2.64. The zero-order valence-electron chi connectivity index (χ0n) is 18.5. The Kier molecular flexibility index (Phi) is 6.23. The highest BCUT2D eigenvalue weighted by molar-refractivity contribution is 6.04. The van der Waals surface area contributed by atoms with E-state index >= 15 is 0 Å². The van der Waals surface area contributed by atoms with Crippen LogP contribution in [0.5, 0.6) is 0 Å². The summed E-state index contributed by atoms with van der Waals surface area (Å²) in [4.78, 5) is 29.5. The van der Waals surface area contributed by atoms with Crippen LogP contribution in [-0.2, 0) is 19.1 Å². The number of carbonyl (C=O) groups excluding carboxylic acids is 2. The summed E-state index contributed by atoms with van der Waals surface area (Å²) < 4.78 is 12.0. The molecule has 2 fully saturated rings. The lowest BCUT2D eigenvalue weighted by Gasteiger charge is -2.51. The highest BCUT2D eigenvalue weighted by Crippen LogP contribution is 2.53. The van der Waals surface area contributed by atoms with Crippen LogP contribution in [0.1, 0.15) is 52.1 Å². The number of piperidine rings is 1. The predicted molar refractivity (Wildman–Crippen MR) is 116 cm³/mol. The van der Waals surface area contributed by atoms with E-state index < -0.39 is 29.1 Å². The standard InChI is InChI=1S/C25H33NO4/c1-7-15-25(23(28)30-24(4,5)6)19(9-3)18(8-2)21-26(22(25)27)20(16-29-21)17-13-11-10-12-14-17/h7,9-14,18-21H,1,3,8,15-16H2,2,4-6H3/t18-,19+,20-,21+,25+/m0/s1. The summed E-state index contributed by atoms with van der Waals surface area (Å²) >= 11 is 0. The number of hydrogen-bond donors (Lipinski definition) is 0. The van der Waals surface area contributed by atoms with Crippen molar-refractivity contribution in [1.29, 1.82) is 0 Å². The number of hydrogen-bond acceptors (Lipinski definition) is 4. The third kappa shape index (κ3) is 3.60. The summed E-state index contributed by atoms with van der Waals surface area (Å²) in [6, 6.07) is 9.59. The van der Waals surface area contributed by atoms with Crippen molar-refractivity contribution >= 4 is 11.9 Å². The monoisotopic (exact) mass is 411 g/mol. The van der Waals surface area contributed by atoms with Crippen molar-refractivity contribution in [3.05, 3.63) is 61.2 Å². The van der Waals surface area contributed by atoms with Crippen LogP contribution in [0.4, 0.5) is 0 Å². The molecule has 2 aliphatic heterocycles. The Bertz CT molecular complexity index is 812. The molecular weight excluding hydrogens is 378 g/mol. The van der Waals surface area contributed by atoms with Gasteiger partial charge in [-0.2, -0.15) is 0 Å². The molecule has 0 N–H and O–H groups in total. The van der Waals surface area contributed by atoms with Crippen molar-refractivity contribution in [2.75, 3.05) is 6.61 Å². The van der Waals surface area contributed by atoms with Crippen molar-refractivity contribution in [3.8, 4) is 0 Å². The number of ether oxygens (including phenoxy) is 2. The molecule has 3 rings (SSSR count). The van der Waals surface area contributed by atoms with Crippen LogP contribution < -0.4 is 0 Å². The van der Waals surface area contributed by atoms with Gasteiger partial charge in [0, 0.05) is 11.8 Å². The average Bonchev–Trinajstić information content (AvgIpc) is 3.14. The van der Waals surface area contributed by atoms with E-state index in [1.165, 1.54) is 0 Å². The molecule has 0 aromatic heterocycles. The Balaban J connectivity index is 2.14. The fraction of sp³-hybridized carbons (Fsp3) is 0.520. The van der Waals surface area contributed by atoms with E-state index in [0.717, 1.165) is 12.0 Å². The molecule has 2 heterocycles. The molecule has 0 radical (unpaired) electrons. The summed E-state index contributed by atoms with van der Waals surface area (Å²) in [7, 11) is 0. The maximum atomic E-state index is 14.1. The number of allylic oxidation sites excluding steroid dienone is 2. The van der Waals surface area contributed by atoms with Crippen LogP contribution in [0.25, 0.3) is 0 Å². The number of amides is 1. The van der Waals surface area contributed by atoms with Gasteiger partial charge in [0.2, 0.25) is 5.91 Å². The minimum Gasteiger partial charge on any atom is -0.459 e. The molecule has 1 aromatic rings. The largest absolute Gasteiger partial charge is 0.459 e. The van der Waals surface area contributed by atoms with Gasteiger partial charge in [-0.3, -0.25) is 9.59 Å². The van der Waals surface area contributed by atoms with Crippen LogP contribution in [0, 0.1) is 17.3 Å². The predicted octanol–water partition coefficient (Wildman–Crippen LogP) is 4.66. The maximum absolute atomic E-state index is 14.1. The first-order valence-corrected chi connectivity index (χ1v) is 10.7. The molecule has 0 saturated carbocycles. The number of benzene rings is 1. The van der Waals surface area contributed by atoms with Gasteiger partial charge in [-0.25, -0.2) is 0 Å². The molecule has 0 bridgehead atoms. The average molecular weight is 412 g/mol. The molecule has 0 unspecified atom stereocenters. The summed E-state index contributed by atoms with van der Waals surface area (Å²) in [6.45, 7) is 15.7. The molecule has 162 valence electrons. The zero-order chi connectivity index (χ0) is 22.1. The maximum Gasteiger partial charge on any atom is 0.323 e. The summed E-state index contributed by atoms with van der Waals surface area (Å²) in [5.41, 5.74) is -1.11. The Labute approximate surface area is 179 Å². The lowest BCUT2D eigenvalue weighted by atomic mass is 9.62. The molecule has 1 aromatic carbocycles. The first kappa shape index (κ1) is 22.3. The van der Waals surface area contributed by atoms with E-state index in [1.807, 2.05) is 51.1 Å².